The van der Waals surface area contributed by atoms with Crippen molar-refractivity contribution in [1.82, 2.24) is 4.90 Å². The van der Waals surface area contributed by atoms with Crippen LogP contribution in [-0.4, -0.2) is 37.4 Å². The first kappa shape index (κ1) is 17.5. The topological polar surface area (TPSA) is 58.6 Å². The van der Waals surface area contributed by atoms with Crippen molar-refractivity contribution in [3.63, 3.8) is 0 Å². The normalized spacial score (nSPS) is 10.1. The molecule has 0 unspecified atom stereocenters. The van der Waals surface area contributed by atoms with Gasteiger partial charge in [0.25, 0.3) is 11.8 Å². The largest absolute Gasteiger partial charge is 0.483 e. The summed E-state index contributed by atoms with van der Waals surface area (Å²) in [4.78, 5) is 25.5. The van der Waals surface area contributed by atoms with Crippen LogP contribution in [0, 0.1) is 0 Å². The number of carbonyl (C=O) groups excluding carboxylic acids is 2. The minimum absolute atomic E-state index is 0.0805. The Labute approximate surface area is 142 Å². The van der Waals surface area contributed by atoms with E-state index >= 15 is 0 Å². The quantitative estimate of drug-likeness (QED) is 0.888. The highest BCUT2D eigenvalue weighted by Gasteiger charge is 2.10. The number of benzene rings is 2. The Balaban J connectivity index is 1.97. The van der Waals surface area contributed by atoms with Crippen LogP contribution in [0.4, 0.5) is 5.69 Å². The number of para-hydroxylation sites is 1. The molecule has 0 fully saturated rings. The van der Waals surface area contributed by atoms with Crippen molar-refractivity contribution < 1.29 is 14.3 Å². The number of carbonyl (C=O) groups is 2. The lowest BCUT2D eigenvalue weighted by atomic mass is 10.1. The minimum Gasteiger partial charge on any atom is -0.483 e. The van der Waals surface area contributed by atoms with Gasteiger partial charge in [-0.3, -0.25) is 9.59 Å². The van der Waals surface area contributed by atoms with E-state index in [1.165, 1.54) is 4.90 Å². The van der Waals surface area contributed by atoms with Gasteiger partial charge in [-0.2, -0.15) is 0 Å². The zero-order valence-corrected chi connectivity index (χ0v) is 14.2. The van der Waals surface area contributed by atoms with Crippen molar-refractivity contribution in [2.45, 2.75) is 13.3 Å². The van der Waals surface area contributed by atoms with Gasteiger partial charge in [-0.05, 0) is 36.2 Å². The summed E-state index contributed by atoms with van der Waals surface area (Å²) in [6, 6.07) is 14.5. The third-order valence-electron chi connectivity index (χ3n) is 3.51. The zero-order valence-electron chi connectivity index (χ0n) is 14.2. The van der Waals surface area contributed by atoms with Crippen LogP contribution in [0.5, 0.6) is 5.75 Å². The van der Waals surface area contributed by atoms with Gasteiger partial charge in [0.15, 0.2) is 6.61 Å². The van der Waals surface area contributed by atoms with Gasteiger partial charge < -0.3 is 15.0 Å². The molecule has 0 spiro atoms. The van der Waals surface area contributed by atoms with Crippen molar-refractivity contribution >= 4 is 17.5 Å². The molecule has 2 rings (SSSR count). The van der Waals surface area contributed by atoms with Gasteiger partial charge in [0.1, 0.15) is 5.75 Å². The number of nitrogens with one attached hydrogen (secondary N) is 1. The number of amides is 2. The average molecular weight is 326 g/mol. The van der Waals surface area contributed by atoms with Crippen LogP contribution >= 0.6 is 0 Å². The number of rotatable bonds is 6. The predicted molar refractivity (Wildman–Crippen MR) is 94.4 cm³/mol. The second-order valence-electron chi connectivity index (χ2n) is 5.58. The first-order chi connectivity index (χ1) is 11.5. The summed E-state index contributed by atoms with van der Waals surface area (Å²) >= 11 is 0. The Kier molecular flexibility index (Phi) is 5.95. The molecule has 2 aromatic rings. The first-order valence-electron chi connectivity index (χ1n) is 7.83. The highest BCUT2D eigenvalue weighted by atomic mass is 16.5. The maximum absolute atomic E-state index is 12.1. The third kappa shape index (κ3) is 4.59. The molecule has 0 saturated carbocycles. The van der Waals surface area contributed by atoms with Crippen molar-refractivity contribution in [2.24, 2.45) is 0 Å². The summed E-state index contributed by atoms with van der Waals surface area (Å²) in [7, 11) is 3.37. The number of anilines is 1. The summed E-state index contributed by atoms with van der Waals surface area (Å²) in [6.07, 6.45) is 0.840. The number of hydrogen-bond acceptors (Lipinski definition) is 3. The van der Waals surface area contributed by atoms with Crippen LogP contribution < -0.4 is 10.1 Å². The van der Waals surface area contributed by atoms with Gasteiger partial charge in [-0.25, -0.2) is 0 Å². The molecule has 0 atom stereocenters. The van der Waals surface area contributed by atoms with Gasteiger partial charge in [0.05, 0.1) is 0 Å². The molecule has 2 aromatic carbocycles. The number of aryl methyl sites for hydroxylation is 1. The standard InChI is InChI=1S/C19H22N2O3/c1-4-14-8-5-6-11-17(14)24-13-18(22)20-16-10-7-9-15(12-16)19(23)21(2)3/h5-12H,4,13H2,1-3H3,(H,20,22). The van der Waals surface area contributed by atoms with Crippen LogP contribution in [-0.2, 0) is 11.2 Å². The molecular formula is C19H22N2O3. The van der Waals surface area contributed by atoms with Gasteiger partial charge in [-0.1, -0.05) is 31.2 Å². The van der Waals surface area contributed by atoms with Crippen LogP contribution in [0.3, 0.4) is 0 Å². The van der Waals surface area contributed by atoms with Crippen molar-refractivity contribution in [2.75, 3.05) is 26.0 Å². The Hall–Kier alpha value is -2.82. The summed E-state index contributed by atoms with van der Waals surface area (Å²) in [6.45, 7) is 1.96. The predicted octanol–water partition coefficient (Wildman–Crippen LogP) is 2.97. The summed E-state index contributed by atoms with van der Waals surface area (Å²) in [5.74, 6) is 0.335. The van der Waals surface area contributed by atoms with E-state index < -0.39 is 0 Å². The van der Waals surface area contributed by atoms with Gasteiger partial charge in [0, 0.05) is 25.3 Å². The molecule has 1 N–H and O–H groups in total. The molecule has 2 amide bonds. The molecule has 0 heterocycles. The fourth-order valence-corrected chi connectivity index (χ4v) is 2.27. The number of ether oxygens (including phenoxy) is 1. The van der Waals surface area contributed by atoms with E-state index in [9.17, 15) is 9.59 Å². The van der Waals surface area contributed by atoms with E-state index in [-0.39, 0.29) is 18.4 Å². The fourth-order valence-electron chi connectivity index (χ4n) is 2.27. The molecule has 0 aliphatic carbocycles. The monoisotopic (exact) mass is 326 g/mol. The maximum Gasteiger partial charge on any atom is 0.262 e. The molecular weight excluding hydrogens is 304 g/mol. The summed E-state index contributed by atoms with van der Waals surface area (Å²) in [5, 5.41) is 2.75. The summed E-state index contributed by atoms with van der Waals surface area (Å²) in [5.41, 5.74) is 2.15. The first-order valence-corrected chi connectivity index (χ1v) is 7.83. The van der Waals surface area contributed by atoms with Crippen LogP contribution in [0.1, 0.15) is 22.8 Å². The molecule has 0 aliphatic rings. The molecule has 5 heteroatoms. The lowest BCUT2D eigenvalue weighted by molar-refractivity contribution is -0.118. The van der Waals surface area contributed by atoms with Crippen molar-refractivity contribution in [3.8, 4) is 5.75 Å². The molecule has 0 radical (unpaired) electrons. The van der Waals surface area contributed by atoms with Gasteiger partial charge in [0.2, 0.25) is 0 Å². The van der Waals surface area contributed by atoms with Crippen molar-refractivity contribution in [1.29, 1.82) is 0 Å². The average Bonchev–Trinajstić information content (AvgIpc) is 2.59. The van der Waals surface area contributed by atoms with E-state index in [4.69, 9.17) is 4.74 Å². The zero-order chi connectivity index (χ0) is 17.5. The maximum atomic E-state index is 12.1. The second-order valence-corrected chi connectivity index (χ2v) is 5.58. The molecule has 0 aliphatic heterocycles. The molecule has 5 nitrogen and oxygen atoms in total. The van der Waals surface area contributed by atoms with Crippen LogP contribution in [0.2, 0.25) is 0 Å². The highest BCUT2D eigenvalue weighted by molar-refractivity contribution is 5.97. The minimum atomic E-state index is -0.268. The second kappa shape index (κ2) is 8.15. The fraction of sp³-hybridized carbons (Fsp3) is 0.263. The Morgan fingerprint density at radius 1 is 1.08 bits per heavy atom. The Morgan fingerprint density at radius 2 is 1.83 bits per heavy atom. The Morgan fingerprint density at radius 3 is 2.54 bits per heavy atom. The van der Waals surface area contributed by atoms with E-state index in [2.05, 4.69) is 5.32 Å². The lowest BCUT2D eigenvalue weighted by Gasteiger charge is -2.12. The number of nitrogens with zero attached hydrogens (tertiary/aromatic N) is 1. The SMILES string of the molecule is CCc1ccccc1OCC(=O)Nc1cccc(C(=O)N(C)C)c1. The summed E-state index contributed by atoms with van der Waals surface area (Å²) < 4.78 is 5.59. The molecule has 0 aromatic heterocycles. The molecule has 0 saturated heterocycles. The van der Waals surface area contributed by atoms with Gasteiger partial charge >= 0.3 is 0 Å². The smallest absolute Gasteiger partial charge is 0.262 e. The molecule has 24 heavy (non-hydrogen) atoms. The van der Waals surface area contributed by atoms with Gasteiger partial charge in [-0.15, -0.1) is 0 Å². The number of hydrogen-bond donors (Lipinski definition) is 1. The van der Waals surface area contributed by atoms with Crippen LogP contribution in [0.15, 0.2) is 48.5 Å². The van der Waals surface area contributed by atoms with Crippen LogP contribution in [0.25, 0.3) is 0 Å². The Bertz CT molecular complexity index is 726. The van der Waals surface area contributed by atoms with E-state index in [1.54, 1.807) is 38.4 Å². The van der Waals surface area contributed by atoms with E-state index in [0.29, 0.717) is 17.0 Å². The van der Waals surface area contributed by atoms with E-state index in [0.717, 1.165) is 12.0 Å². The molecule has 126 valence electrons. The third-order valence-corrected chi connectivity index (χ3v) is 3.51. The van der Waals surface area contributed by atoms with E-state index in [1.807, 2.05) is 31.2 Å². The van der Waals surface area contributed by atoms with Crippen molar-refractivity contribution in [3.05, 3.63) is 59.7 Å². The lowest BCUT2D eigenvalue weighted by Crippen LogP contribution is -2.23. The molecule has 0 bridgehead atoms. The highest BCUT2D eigenvalue weighted by Crippen LogP contribution is 2.18.